The number of amides is 1. The van der Waals surface area contributed by atoms with Gasteiger partial charge >= 0.3 is 5.97 Å². The van der Waals surface area contributed by atoms with E-state index in [4.69, 9.17) is 9.47 Å². The van der Waals surface area contributed by atoms with Crippen LogP contribution in [0.1, 0.15) is 22.8 Å². The van der Waals surface area contributed by atoms with Crippen molar-refractivity contribution in [3.8, 4) is 5.75 Å². The molecule has 142 valence electrons. The fourth-order valence-corrected chi connectivity index (χ4v) is 2.19. The summed E-state index contributed by atoms with van der Waals surface area (Å²) >= 11 is 0. The van der Waals surface area contributed by atoms with Gasteiger partial charge in [0.1, 0.15) is 17.9 Å². The predicted octanol–water partition coefficient (Wildman–Crippen LogP) is 2.31. The number of nitrogens with one attached hydrogen (secondary N) is 1. The second kappa shape index (κ2) is 10.1. The molecule has 27 heavy (non-hydrogen) atoms. The first-order valence-electron chi connectivity index (χ1n) is 8.37. The molecule has 0 aliphatic rings. The van der Waals surface area contributed by atoms with Gasteiger partial charge < -0.3 is 14.8 Å². The van der Waals surface area contributed by atoms with Crippen LogP contribution >= 0.6 is 0 Å². The maximum atomic E-state index is 12.8. The van der Waals surface area contributed by atoms with Crippen LogP contribution in [0.2, 0.25) is 0 Å². The molecule has 0 saturated heterocycles. The fourth-order valence-electron chi connectivity index (χ4n) is 2.19. The van der Waals surface area contributed by atoms with E-state index >= 15 is 0 Å². The molecule has 0 radical (unpaired) electrons. The number of halogens is 1. The highest BCUT2D eigenvalue weighted by Gasteiger charge is 2.17. The third-order valence-electron chi connectivity index (χ3n) is 3.68. The van der Waals surface area contributed by atoms with E-state index in [1.807, 2.05) is 0 Å². The van der Waals surface area contributed by atoms with Gasteiger partial charge in [0.2, 0.25) is 0 Å². The molecule has 0 aromatic heterocycles. The van der Waals surface area contributed by atoms with Crippen LogP contribution in [-0.2, 0) is 20.7 Å². The molecule has 1 N–H and O–H groups in total. The van der Waals surface area contributed by atoms with Gasteiger partial charge in [-0.2, -0.15) is 0 Å². The number of carbonyl (C=O) groups is 3. The van der Waals surface area contributed by atoms with Gasteiger partial charge in [-0.1, -0.05) is 12.1 Å². The van der Waals surface area contributed by atoms with Crippen molar-refractivity contribution in [1.29, 1.82) is 0 Å². The predicted molar refractivity (Wildman–Crippen MR) is 96.0 cm³/mol. The van der Waals surface area contributed by atoms with E-state index in [0.717, 1.165) is 5.56 Å². The number of hydrogen-bond donors (Lipinski definition) is 1. The Balaban J connectivity index is 1.68. The van der Waals surface area contributed by atoms with Crippen LogP contribution in [0.25, 0.3) is 0 Å². The lowest BCUT2D eigenvalue weighted by Gasteiger charge is -2.14. The van der Waals surface area contributed by atoms with Gasteiger partial charge in [-0.15, -0.1) is 0 Å². The van der Waals surface area contributed by atoms with Gasteiger partial charge in [0.05, 0.1) is 0 Å². The Hall–Kier alpha value is -3.22. The molecule has 0 aliphatic heterocycles. The number of aldehydes is 1. The van der Waals surface area contributed by atoms with Gasteiger partial charge in [-0.25, -0.2) is 9.18 Å². The summed E-state index contributed by atoms with van der Waals surface area (Å²) in [5, 5.41) is 2.65. The summed E-state index contributed by atoms with van der Waals surface area (Å²) in [4.78, 5) is 34.3. The number of esters is 1. The van der Waals surface area contributed by atoms with E-state index in [1.54, 1.807) is 36.4 Å². The largest absolute Gasteiger partial charge is 0.482 e. The Kier molecular flexibility index (Phi) is 7.49. The average molecular weight is 373 g/mol. The highest BCUT2D eigenvalue weighted by Crippen LogP contribution is 2.11. The molecule has 0 saturated carbocycles. The zero-order valence-electron chi connectivity index (χ0n) is 14.8. The number of ether oxygens (including phenoxy) is 2. The second-order valence-corrected chi connectivity index (χ2v) is 5.78. The Morgan fingerprint density at radius 2 is 1.78 bits per heavy atom. The molecule has 6 nitrogen and oxygen atoms in total. The van der Waals surface area contributed by atoms with Crippen LogP contribution in [0, 0.1) is 5.82 Å². The minimum Gasteiger partial charge on any atom is -0.482 e. The smallest absolute Gasteiger partial charge is 0.344 e. The quantitative estimate of drug-likeness (QED) is 0.539. The first-order valence-corrected chi connectivity index (χ1v) is 8.37. The number of hydrogen-bond acceptors (Lipinski definition) is 5. The van der Waals surface area contributed by atoms with Crippen LogP contribution in [0.15, 0.2) is 48.5 Å². The van der Waals surface area contributed by atoms with Gasteiger partial charge in [0.15, 0.2) is 12.7 Å². The first kappa shape index (κ1) is 20.1. The summed E-state index contributed by atoms with van der Waals surface area (Å²) in [7, 11) is 0. The zero-order chi connectivity index (χ0) is 19.6. The van der Waals surface area contributed by atoms with Gasteiger partial charge in [0.25, 0.3) is 5.91 Å². The molecule has 1 amide bonds. The molecular formula is C20H20FNO5. The Morgan fingerprint density at radius 1 is 1.11 bits per heavy atom. The third kappa shape index (κ3) is 6.89. The minimum absolute atomic E-state index is 0.315. The number of benzene rings is 2. The molecule has 0 spiro atoms. The summed E-state index contributed by atoms with van der Waals surface area (Å²) in [6.07, 6.45) is 0.271. The molecule has 0 unspecified atom stereocenters. The van der Waals surface area contributed by atoms with Crippen molar-refractivity contribution >= 4 is 18.2 Å². The summed E-state index contributed by atoms with van der Waals surface area (Å²) < 4.78 is 23.1. The zero-order valence-corrected chi connectivity index (χ0v) is 14.8. The number of carbonyl (C=O) groups excluding carboxylic acids is 3. The van der Waals surface area contributed by atoms with Crippen LogP contribution in [0.4, 0.5) is 4.39 Å². The summed E-state index contributed by atoms with van der Waals surface area (Å²) in [5.41, 5.74) is 1.38. The van der Waals surface area contributed by atoms with Crippen LogP contribution in [0.5, 0.6) is 5.75 Å². The molecule has 1 atom stereocenters. The molecule has 2 aromatic rings. The lowest BCUT2D eigenvalue weighted by atomic mass is 10.1. The highest BCUT2D eigenvalue weighted by molar-refractivity contribution is 5.83. The Morgan fingerprint density at radius 3 is 2.41 bits per heavy atom. The van der Waals surface area contributed by atoms with Gasteiger partial charge in [0, 0.05) is 12.1 Å². The Labute approximate surface area is 156 Å². The maximum absolute atomic E-state index is 12.8. The molecule has 2 rings (SSSR count). The van der Waals surface area contributed by atoms with E-state index in [2.05, 4.69) is 5.32 Å². The van der Waals surface area contributed by atoms with Crippen molar-refractivity contribution in [2.24, 2.45) is 0 Å². The van der Waals surface area contributed by atoms with Crippen molar-refractivity contribution in [1.82, 2.24) is 5.32 Å². The standard InChI is InChI=1S/C20H20FNO5/c1-14(20(25)22-11-10-15-2-6-17(21)7-3-15)27-19(24)13-26-18-8-4-16(12-23)5-9-18/h2-9,12,14H,10-11,13H2,1H3,(H,22,25)/t14-/m0/s1. The molecular weight excluding hydrogens is 353 g/mol. The van der Waals surface area contributed by atoms with E-state index in [0.29, 0.717) is 30.6 Å². The highest BCUT2D eigenvalue weighted by atomic mass is 19.1. The van der Waals surface area contributed by atoms with Crippen LogP contribution in [-0.4, -0.2) is 37.4 Å². The van der Waals surface area contributed by atoms with Crippen molar-refractivity contribution in [2.45, 2.75) is 19.4 Å². The second-order valence-electron chi connectivity index (χ2n) is 5.78. The number of rotatable bonds is 9. The van der Waals surface area contributed by atoms with Crippen LogP contribution < -0.4 is 10.1 Å². The van der Waals surface area contributed by atoms with E-state index in [-0.39, 0.29) is 12.4 Å². The van der Waals surface area contributed by atoms with E-state index in [9.17, 15) is 18.8 Å². The van der Waals surface area contributed by atoms with Gasteiger partial charge in [-0.05, 0) is 55.3 Å². The minimum atomic E-state index is -0.966. The van der Waals surface area contributed by atoms with E-state index in [1.165, 1.54) is 19.1 Å². The molecule has 0 heterocycles. The summed E-state index contributed by atoms with van der Waals surface area (Å²) in [6.45, 7) is 1.45. The van der Waals surface area contributed by atoms with Crippen LogP contribution in [0.3, 0.4) is 0 Å². The van der Waals surface area contributed by atoms with Crippen molar-refractivity contribution in [3.63, 3.8) is 0 Å². The average Bonchev–Trinajstić information content (AvgIpc) is 2.68. The maximum Gasteiger partial charge on any atom is 0.344 e. The third-order valence-corrected chi connectivity index (χ3v) is 3.68. The molecule has 0 bridgehead atoms. The lowest BCUT2D eigenvalue weighted by molar-refractivity contribution is -0.156. The monoisotopic (exact) mass is 373 g/mol. The summed E-state index contributed by atoms with van der Waals surface area (Å²) in [6, 6.07) is 12.2. The molecule has 0 aliphatic carbocycles. The molecule has 7 heteroatoms. The molecule has 2 aromatic carbocycles. The SMILES string of the molecule is C[C@H](OC(=O)COc1ccc(C=O)cc1)C(=O)NCCc1ccc(F)cc1. The van der Waals surface area contributed by atoms with Gasteiger partial charge in [-0.3, -0.25) is 9.59 Å². The topological polar surface area (TPSA) is 81.7 Å². The molecule has 0 fully saturated rings. The van der Waals surface area contributed by atoms with Crippen molar-refractivity contribution in [3.05, 3.63) is 65.5 Å². The van der Waals surface area contributed by atoms with Crippen molar-refractivity contribution in [2.75, 3.05) is 13.2 Å². The first-order chi connectivity index (χ1) is 13.0. The van der Waals surface area contributed by atoms with E-state index < -0.39 is 18.0 Å². The van der Waals surface area contributed by atoms with Crippen molar-refractivity contribution < 1.29 is 28.2 Å². The Bertz CT molecular complexity index is 774. The normalized spacial score (nSPS) is 11.3. The lowest BCUT2D eigenvalue weighted by Crippen LogP contribution is -2.37. The summed E-state index contributed by atoms with van der Waals surface area (Å²) in [5.74, 6) is -1.02. The fraction of sp³-hybridized carbons (Fsp3) is 0.250.